The molecule has 2 aromatic carbocycles. The highest BCUT2D eigenvalue weighted by molar-refractivity contribution is 5.94. The molecule has 0 spiro atoms. The molecule has 28 heavy (non-hydrogen) atoms. The van der Waals surface area contributed by atoms with Crippen LogP contribution in [0.4, 0.5) is 17.6 Å². The highest BCUT2D eigenvalue weighted by atomic mass is 19.4. The van der Waals surface area contributed by atoms with E-state index in [4.69, 9.17) is 4.74 Å². The van der Waals surface area contributed by atoms with Crippen LogP contribution < -0.4 is 10.1 Å². The predicted molar refractivity (Wildman–Crippen MR) is 93.3 cm³/mol. The second kappa shape index (κ2) is 8.08. The fourth-order valence-corrected chi connectivity index (χ4v) is 2.49. The van der Waals surface area contributed by atoms with Gasteiger partial charge in [-0.1, -0.05) is 12.1 Å². The summed E-state index contributed by atoms with van der Waals surface area (Å²) in [5.74, 6) is -0.675. The number of carbonyl (C=O) groups excluding carboxylic acids is 1. The van der Waals surface area contributed by atoms with E-state index in [-0.39, 0.29) is 11.1 Å². The molecule has 0 bridgehead atoms. The maximum Gasteiger partial charge on any atom is 0.416 e. The molecule has 0 aliphatic heterocycles. The number of carbonyl (C=O) groups is 1. The zero-order valence-electron chi connectivity index (χ0n) is 14.3. The molecule has 0 saturated carbocycles. The van der Waals surface area contributed by atoms with Crippen LogP contribution in [0.1, 0.15) is 21.5 Å². The van der Waals surface area contributed by atoms with Crippen LogP contribution in [0.3, 0.4) is 0 Å². The molecule has 1 N–H and O–H groups in total. The second-order valence-electron chi connectivity index (χ2n) is 5.79. The van der Waals surface area contributed by atoms with Gasteiger partial charge >= 0.3 is 6.18 Å². The van der Waals surface area contributed by atoms with E-state index in [2.05, 4.69) is 10.3 Å². The van der Waals surface area contributed by atoms with Crippen molar-refractivity contribution in [2.24, 2.45) is 0 Å². The summed E-state index contributed by atoms with van der Waals surface area (Å²) >= 11 is 0. The summed E-state index contributed by atoms with van der Waals surface area (Å²) in [7, 11) is 0. The minimum absolute atomic E-state index is 0.210. The molecular weight excluding hydrogens is 376 g/mol. The van der Waals surface area contributed by atoms with Gasteiger partial charge in [-0.2, -0.15) is 13.2 Å². The van der Waals surface area contributed by atoms with Crippen LogP contribution in [0.2, 0.25) is 0 Å². The third-order valence-corrected chi connectivity index (χ3v) is 3.80. The average molecular weight is 390 g/mol. The number of ether oxygens (including phenoxy) is 1. The number of pyridine rings is 1. The van der Waals surface area contributed by atoms with Gasteiger partial charge in [0.15, 0.2) is 0 Å². The molecule has 1 heterocycles. The van der Waals surface area contributed by atoms with Gasteiger partial charge in [-0.05, 0) is 48.0 Å². The normalized spacial score (nSPS) is 11.1. The number of hydrogen-bond acceptors (Lipinski definition) is 3. The quantitative estimate of drug-likeness (QED) is 0.627. The topological polar surface area (TPSA) is 51.2 Å². The SMILES string of the molecule is O=C(NCc1ccc(F)cc1C(F)(F)F)c1cccc(Oc2ccncc2)c1. The molecule has 0 radical (unpaired) electrons. The van der Waals surface area contributed by atoms with Crippen molar-refractivity contribution < 1.29 is 27.1 Å². The van der Waals surface area contributed by atoms with Crippen molar-refractivity contribution in [1.29, 1.82) is 0 Å². The smallest absolute Gasteiger partial charge is 0.416 e. The van der Waals surface area contributed by atoms with E-state index in [0.717, 1.165) is 12.1 Å². The molecule has 0 atom stereocenters. The lowest BCUT2D eigenvalue weighted by molar-refractivity contribution is -0.138. The van der Waals surface area contributed by atoms with Crippen molar-refractivity contribution in [2.45, 2.75) is 12.7 Å². The van der Waals surface area contributed by atoms with Gasteiger partial charge in [0.2, 0.25) is 0 Å². The van der Waals surface area contributed by atoms with Crippen LogP contribution in [0.5, 0.6) is 11.5 Å². The number of benzene rings is 2. The van der Waals surface area contributed by atoms with Crippen molar-refractivity contribution in [3.8, 4) is 11.5 Å². The monoisotopic (exact) mass is 390 g/mol. The van der Waals surface area contributed by atoms with E-state index in [9.17, 15) is 22.4 Å². The van der Waals surface area contributed by atoms with Crippen molar-refractivity contribution in [3.63, 3.8) is 0 Å². The van der Waals surface area contributed by atoms with E-state index in [0.29, 0.717) is 17.6 Å². The number of hydrogen-bond donors (Lipinski definition) is 1. The highest BCUT2D eigenvalue weighted by Crippen LogP contribution is 2.32. The third kappa shape index (κ3) is 4.85. The Hall–Kier alpha value is -3.42. The number of aromatic nitrogens is 1. The first-order valence-corrected chi connectivity index (χ1v) is 8.15. The number of nitrogens with one attached hydrogen (secondary N) is 1. The Bertz CT molecular complexity index is 975. The Kier molecular flexibility index (Phi) is 5.58. The number of amides is 1. The minimum atomic E-state index is -4.72. The Morgan fingerprint density at radius 3 is 2.46 bits per heavy atom. The molecule has 3 aromatic rings. The van der Waals surface area contributed by atoms with Gasteiger partial charge in [-0.25, -0.2) is 4.39 Å². The van der Waals surface area contributed by atoms with Gasteiger partial charge in [-0.15, -0.1) is 0 Å². The lowest BCUT2D eigenvalue weighted by Crippen LogP contribution is -2.24. The molecule has 144 valence electrons. The van der Waals surface area contributed by atoms with E-state index < -0.39 is 30.0 Å². The number of nitrogens with zero attached hydrogens (tertiary/aromatic N) is 1. The van der Waals surface area contributed by atoms with Gasteiger partial charge in [0.05, 0.1) is 5.56 Å². The number of halogens is 4. The molecule has 0 unspecified atom stereocenters. The zero-order chi connectivity index (χ0) is 20.1. The summed E-state index contributed by atoms with van der Waals surface area (Å²) < 4.78 is 57.9. The fraction of sp³-hybridized carbons (Fsp3) is 0.100. The van der Waals surface area contributed by atoms with E-state index in [1.54, 1.807) is 36.7 Å². The highest BCUT2D eigenvalue weighted by Gasteiger charge is 2.33. The Morgan fingerprint density at radius 1 is 1.00 bits per heavy atom. The number of alkyl halides is 3. The van der Waals surface area contributed by atoms with Crippen LogP contribution in [-0.4, -0.2) is 10.9 Å². The zero-order valence-corrected chi connectivity index (χ0v) is 14.3. The summed E-state index contributed by atoms with van der Waals surface area (Å²) in [5, 5.41) is 2.41. The third-order valence-electron chi connectivity index (χ3n) is 3.80. The van der Waals surface area contributed by atoms with Gasteiger partial charge in [-0.3, -0.25) is 9.78 Å². The molecule has 0 aliphatic rings. The minimum Gasteiger partial charge on any atom is -0.457 e. The summed E-state index contributed by atoms with van der Waals surface area (Å²) in [6, 6.07) is 11.8. The Balaban J connectivity index is 1.72. The van der Waals surface area contributed by atoms with Gasteiger partial charge < -0.3 is 10.1 Å². The summed E-state index contributed by atoms with van der Waals surface area (Å²) in [6.45, 7) is -0.399. The van der Waals surface area contributed by atoms with Crippen LogP contribution in [0, 0.1) is 5.82 Å². The van der Waals surface area contributed by atoms with Crippen LogP contribution >= 0.6 is 0 Å². The Morgan fingerprint density at radius 2 is 1.75 bits per heavy atom. The molecule has 4 nitrogen and oxygen atoms in total. The van der Waals surface area contributed by atoms with Crippen molar-refractivity contribution in [2.75, 3.05) is 0 Å². The van der Waals surface area contributed by atoms with Crippen LogP contribution in [-0.2, 0) is 12.7 Å². The molecule has 3 rings (SSSR count). The van der Waals surface area contributed by atoms with E-state index >= 15 is 0 Å². The van der Waals surface area contributed by atoms with Crippen LogP contribution in [0.25, 0.3) is 0 Å². The molecule has 0 aliphatic carbocycles. The molecule has 8 heteroatoms. The Labute approximate surface area is 157 Å². The van der Waals surface area contributed by atoms with Crippen molar-refractivity contribution in [3.05, 3.63) is 89.5 Å². The lowest BCUT2D eigenvalue weighted by Gasteiger charge is -2.14. The predicted octanol–water partition coefficient (Wildman–Crippen LogP) is 4.96. The number of rotatable bonds is 5. The molecule has 0 fully saturated rings. The van der Waals surface area contributed by atoms with Gasteiger partial charge in [0.25, 0.3) is 5.91 Å². The van der Waals surface area contributed by atoms with Gasteiger partial charge in [0.1, 0.15) is 17.3 Å². The standard InChI is InChI=1S/C20H14F4N2O2/c21-15-5-4-14(18(11-15)20(22,23)24)12-26-19(27)13-2-1-3-17(10-13)28-16-6-8-25-9-7-16/h1-11H,12H2,(H,26,27). The first-order chi connectivity index (χ1) is 13.3. The molecule has 1 aromatic heterocycles. The average Bonchev–Trinajstić information content (AvgIpc) is 2.67. The first-order valence-electron chi connectivity index (χ1n) is 8.15. The summed E-state index contributed by atoms with van der Waals surface area (Å²) in [4.78, 5) is 16.2. The van der Waals surface area contributed by atoms with E-state index in [1.807, 2.05) is 0 Å². The maximum absolute atomic E-state index is 13.2. The molecular formula is C20H14F4N2O2. The van der Waals surface area contributed by atoms with Gasteiger partial charge in [0, 0.05) is 24.5 Å². The van der Waals surface area contributed by atoms with Crippen molar-refractivity contribution in [1.82, 2.24) is 10.3 Å². The fourth-order valence-electron chi connectivity index (χ4n) is 2.49. The molecule has 0 saturated heterocycles. The first kappa shape index (κ1) is 19.3. The lowest BCUT2D eigenvalue weighted by atomic mass is 10.1. The van der Waals surface area contributed by atoms with Crippen LogP contribution in [0.15, 0.2) is 67.0 Å². The van der Waals surface area contributed by atoms with E-state index in [1.165, 1.54) is 12.1 Å². The second-order valence-corrected chi connectivity index (χ2v) is 5.79. The molecule has 1 amide bonds. The largest absolute Gasteiger partial charge is 0.457 e. The summed E-state index contributed by atoms with van der Waals surface area (Å²) in [6.07, 6.45) is -1.62. The maximum atomic E-state index is 13.2. The van der Waals surface area contributed by atoms with Crippen molar-refractivity contribution >= 4 is 5.91 Å². The summed E-state index contributed by atoms with van der Waals surface area (Å²) in [5.41, 5.74) is -1.14.